The number of H-pyrrole nitrogens is 1. The number of nitrogens with zero attached hydrogens (tertiary/aromatic N) is 2. The molecule has 2 unspecified atom stereocenters. The third kappa shape index (κ3) is 1.82. The SMILES string of the molecule is CC1C(=O)N(c2ccc(-c3ccn[nH]3)cc2)C(=O)C1C. The van der Waals surface area contributed by atoms with E-state index in [1.807, 2.05) is 18.2 Å². The van der Waals surface area contributed by atoms with Crippen molar-refractivity contribution in [1.82, 2.24) is 10.2 Å². The van der Waals surface area contributed by atoms with Gasteiger partial charge in [0.1, 0.15) is 0 Å². The second-order valence-electron chi connectivity index (χ2n) is 5.11. The number of carbonyl (C=O) groups is 2. The van der Waals surface area contributed by atoms with Gasteiger partial charge in [-0.15, -0.1) is 0 Å². The quantitative estimate of drug-likeness (QED) is 0.850. The molecule has 0 aliphatic carbocycles. The monoisotopic (exact) mass is 269 g/mol. The van der Waals surface area contributed by atoms with Crippen LogP contribution in [0.15, 0.2) is 36.5 Å². The lowest BCUT2D eigenvalue weighted by atomic mass is 10.00. The Balaban J connectivity index is 1.92. The number of anilines is 1. The first-order chi connectivity index (χ1) is 9.59. The van der Waals surface area contributed by atoms with E-state index in [2.05, 4.69) is 10.2 Å². The first-order valence-electron chi connectivity index (χ1n) is 6.57. The Morgan fingerprint density at radius 3 is 2.10 bits per heavy atom. The molecule has 1 saturated heterocycles. The van der Waals surface area contributed by atoms with E-state index in [4.69, 9.17) is 0 Å². The molecular formula is C15H15N3O2. The molecule has 2 amide bonds. The van der Waals surface area contributed by atoms with Crippen LogP contribution in [0, 0.1) is 11.8 Å². The summed E-state index contributed by atoms with van der Waals surface area (Å²) in [6.07, 6.45) is 1.68. The lowest BCUT2D eigenvalue weighted by molar-refractivity contribution is -0.122. The van der Waals surface area contributed by atoms with Crippen LogP contribution in [-0.4, -0.2) is 22.0 Å². The van der Waals surface area contributed by atoms with E-state index in [0.29, 0.717) is 5.69 Å². The van der Waals surface area contributed by atoms with Gasteiger partial charge in [-0.3, -0.25) is 19.6 Å². The number of aromatic nitrogens is 2. The highest BCUT2D eigenvalue weighted by molar-refractivity contribution is 6.21. The van der Waals surface area contributed by atoms with Crippen molar-refractivity contribution in [2.45, 2.75) is 13.8 Å². The van der Waals surface area contributed by atoms with Gasteiger partial charge in [0.15, 0.2) is 0 Å². The van der Waals surface area contributed by atoms with Gasteiger partial charge in [0, 0.05) is 18.0 Å². The number of amides is 2. The van der Waals surface area contributed by atoms with Crippen LogP contribution in [0.5, 0.6) is 0 Å². The molecule has 0 bridgehead atoms. The summed E-state index contributed by atoms with van der Waals surface area (Å²) in [6.45, 7) is 3.59. The number of hydrogen-bond acceptors (Lipinski definition) is 3. The third-order valence-electron chi connectivity index (χ3n) is 3.91. The van der Waals surface area contributed by atoms with E-state index in [9.17, 15) is 9.59 Å². The highest BCUT2D eigenvalue weighted by Gasteiger charge is 2.42. The molecule has 1 aromatic carbocycles. The summed E-state index contributed by atoms with van der Waals surface area (Å²) in [5, 5.41) is 6.78. The average molecular weight is 269 g/mol. The Hall–Kier alpha value is -2.43. The Morgan fingerprint density at radius 2 is 1.60 bits per heavy atom. The summed E-state index contributed by atoms with van der Waals surface area (Å²) in [4.78, 5) is 25.5. The second kappa shape index (κ2) is 4.59. The Kier molecular flexibility index (Phi) is 2.89. The largest absolute Gasteiger partial charge is 0.278 e. The predicted octanol–water partition coefficient (Wildman–Crippen LogP) is 2.22. The average Bonchev–Trinajstić information content (AvgIpc) is 3.05. The first kappa shape index (κ1) is 12.6. The van der Waals surface area contributed by atoms with Crippen LogP contribution in [0.4, 0.5) is 5.69 Å². The van der Waals surface area contributed by atoms with Gasteiger partial charge in [-0.1, -0.05) is 26.0 Å². The molecule has 1 aliphatic heterocycles. The molecular weight excluding hydrogens is 254 g/mol. The standard InChI is InChI=1S/C15H15N3O2/c1-9-10(2)15(20)18(14(9)19)12-5-3-11(4-6-12)13-7-8-16-17-13/h3-10H,1-2H3,(H,16,17). The van der Waals surface area contributed by atoms with E-state index in [-0.39, 0.29) is 23.7 Å². The summed E-state index contributed by atoms with van der Waals surface area (Å²) < 4.78 is 0. The number of nitrogens with one attached hydrogen (secondary N) is 1. The second-order valence-corrected chi connectivity index (χ2v) is 5.11. The lowest BCUT2D eigenvalue weighted by Gasteiger charge is -2.14. The van der Waals surface area contributed by atoms with E-state index in [1.165, 1.54) is 4.90 Å². The number of imide groups is 1. The fourth-order valence-electron chi connectivity index (χ4n) is 2.40. The lowest BCUT2D eigenvalue weighted by Crippen LogP contribution is -2.30. The zero-order valence-corrected chi connectivity index (χ0v) is 11.3. The minimum absolute atomic E-state index is 0.128. The van der Waals surface area contributed by atoms with Crippen LogP contribution < -0.4 is 4.90 Å². The maximum absolute atomic E-state index is 12.1. The van der Waals surface area contributed by atoms with Crippen LogP contribution in [0.1, 0.15) is 13.8 Å². The predicted molar refractivity (Wildman–Crippen MR) is 74.8 cm³/mol. The van der Waals surface area contributed by atoms with Crippen molar-refractivity contribution < 1.29 is 9.59 Å². The maximum Gasteiger partial charge on any atom is 0.237 e. The molecule has 2 heterocycles. The van der Waals surface area contributed by atoms with Crippen molar-refractivity contribution in [2.75, 3.05) is 4.90 Å². The topological polar surface area (TPSA) is 66.1 Å². The van der Waals surface area contributed by atoms with Crippen LogP contribution in [-0.2, 0) is 9.59 Å². The van der Waals surface area contributed by atoms with E-state index in [1.54, 1.807) is 32.2 Å². The maximum atomic E-state index is 12.1. The molecule has 1 aliphatic rings. The summed E-state index contributed by atoms with van der Waals surface area (Å²) in [5.41, 5.74) is 2.49. The molecule has 0 saturated carbocycles. The number of rotatable bonds is 2. The molecule has 20 heavy (non-hydrogen) atoms. The van der Waals surface area contributed by atoms with Gasteiger partial charge in [0.25, 0.3) is 0 Å². The van der Waals surface area contributed by atoms with Crippen LogP contribution in [0.2, 0.25) is 0 Å². The van der Waals surface area contributed by atoms with Crippen LogP contribution in [0.25, 0.3) is 11.3 Å². The van der Waals surface area contributed by atoms with Crippen molar-refractivity contribution >= 4 is 17.5 Å². The van der Waals surface area contributed by atoms with Gasteiger partial charge in [-0.25, -0.2) is 0 Å². The molecule has 1 aromatic heterocycles. The zero-order valence-electron chi connectivity index (χ0n) is 11.3. The molecule has 5 nitrogen and oxygen atoms in total. The highest BCUT2D eigenvalue weighted by Crippen LogP contribution is 2.31. The molecule has 0 spiro atoms. The summed E-state index contributed by atoms with van der Waals surface area (Å²) in [6, 6.07) is 9.19. The van der Waals surface area contributed by atoms with Crippen molar-refractivity contribution in [3.8, 4) is 11.3 Å². The van der Waals surface area contributed by atoms with Gasteiger partial charge >= 0.3 is 0 Å². The number of aromatic amines is 1. The molecule has 2 atom stereocenters. The van der Waals surface area contributed by atoms with Gasteiger partial charge < -0.3 is 0 Å². The Bertz CT molecular complexity index is 626. The first-order valence-corrected chi connectivity index (χ1v) is 6.57. The fourth-order valence-corrected chi connectivity index (χ4v) is 2.40. The molecule has 2 aromatic rings. The molecule has 1 fully saturated rings. The van der Waals surface area contributed by atoms with Crippen LogP contribution >= 0.6 is 0 Å². The summed E-state index contributed by atoms with van der Waals surface area (Å²) in [5.74, 6) is -0.766. The van der Waals surface area contributed by atoms with E-state index >= 15 is 0 Å². The number of carbonyl (C=O) groups excluding carboxylic acids is 2. The Labute approximate surface area is 116 Å². The molecule has 1 N–H and O–H groups in total. The van der Waals surface area contributed by atoms with Crippen molar-refractivity contribution in [3.63, 3.8) is 0 Å². The van der Waals surface area contributed by atoms with E-state index in [0.717, 1.165) is 11.3 Å². The van der Waals surface area contributed by atoms with Gasteiger partial charge in [-0.05, 0) is 23.8 Å². The molecule has 3 rings (SSSR count). The van der Waals surface area contributed by atoms with Crippen LogP contribution in [0.3, 0.4) is 0 Å². The number of benzene rings is 1. The van der Waals surface area contributed by atoms with Gasteiger partial charge in [-0.2, -0.15) is 5.10 Å². The zero-order chi connectivity index (χ0) is 14.3. The fraction of sp³-hybridized carbons (Fsp3) is 0.267. The summed E-state index contributed by atoms with van der Waals surface area (Å²) in [7, 11) is 0. The summed E-state index contributed by atoms with van der Waals surface area (Å²) >= 11 is 0. The minimum Gasteiger partial charge on any atom is -0.278 e. The van der Waals surface area contributed by atoms with Crippen molar-refractivity contribution in [3.05, 3.63) is 36.5 Å². The highest BCUT2D eigenvalue weighted by atomic mass is 16.2. The van der Waals surface area contributed by atoms with E-state index < -0.39 is 0 Å². The van der Waals surface area contributed by atoms with Crippen molar-refractivity contribution in [2.24, 2.45) is 11.8 Å². The molecule has 5 heteroatoms. The smallest absolute Gasteiger partial charge is 0.237 e. The number of hydrogen-bond donors (Lipinski definition) is 1. The third-order valence-corrected chi connectivity index (χ3v) is 3.91. The Morgan fingerprint density at radius 1 is 1.00 bits per heavy atom. The van der Waals surface area contributed by atoms with Crippen molar-refractivity contribution in [1.29, 1.82) is 0 Å². The molecule has 0 radical (unpaired) electrons. The van der Waals surface area contributed by atoms with Gasteiger partial charge in [0.05, 0.1) is 11.4 Å². The minimum atomic E-state index is -0.255. The normalized spacial score (nSPS) is 22.6. The van der Waals surface area contributed by atoms with Gasteiger partial charge in [0.2, 0.25) is 11.8 Å². The molecule has 102 valence electrons.